The fourth-order valence-electron chi connectivity index (χ4n) is 4.07. The molecule has 27 heavy (non-hydrogen) atoms. The Morgan fingerprint density at radius 3 is 2.15 bits per heavy atom. The van der Waals surface area contributed by atoms with E-state index in [4.69, 9.17) is 0 Å². The molecule has 1 heterocycles. The van der Waals surface area contributed by atoms with E-state index in [1.165, 1.54) is 0 Å². The van der Waals surface area contributed by atoms with Gasteiger partial charge in [-0.1, -0.05) is 19.8 Å². The number of likely N-dealkylation sites (tertiary alicyclic amines) is 1. The highest BCUT2D eigenvalue weighted by atomic mass is 16.4. The molecule has 2 atom stereocenters. The minimum Gasteiger partial charge on any atom is -0.481 e. The predicted molar refractivity (Wildman–Crippen MR) is 102 cm³/mol. The number of carboxylic acids is 1. The van der Waals surface area contributed by atoms with Crippen molar-refractivity contribution in [1.82, 2.24) is 4.90 Å². The number of nitrogens with one attached hydrogen (secondary N) is 1. The van der Waals surface area contributed by atoms with E-state index < -0.39 is 17.8 Å². The monoisotopic (exact) mass is 372 g/mol. The van der Waals surface area contributed by atoms with Gasteiger partial charge in [0, 0.05) is 24.3 Å². The third-order valence-corrected chi connectivity index (χ3v) is 5.89. The Morgan fingerprint density at radius 1 is 0.963 bits per heavy atom. The lowest BCUT2D eigenvalue weighted by molar-refractivity contribution is -0.147. The molecular formula is C21H28N2O4. The van der Waals surface area contributed by atoms with Crippen LogP contribution < -0.4 is 5.32 Å². The number of rotatable bonds is 4. The maximum absolute atomic E-state index is 12.6. The lowest BCUT2D eigenvalue weighted by Gasteiger charge is -2.30. The predicted octanol–water partition coefficient (Wildman–Crippen LogP) is 3.39. The van der Waals surface area contributed by atoms with Crippen molar-refractivity contribution in [2.45, 2.75) is 45.4 Å². The van der Waals surface area contributed by atoms with Crippen LogP contribution in [0, 0.1) is 17.8 Å². The van der Waals surface area contributed by atoms with Gasteiger partial charge in [0.05, 0.1) is 11.8 Å². The number of carbonyl (C=O) groups is 3. The third-order valence-electron chi connectivity index (χ3n) is 5.89. The van der Waals surface area contributed by atoms with Gasteiger partial charge in [-0.15, -0.1) is 0 Å². The van der Waals surface area contributed by atoms with Crippen LogP contribution in [0.1, 0.15) is 55.8 Å². The lowest BCUT2D eigenvalue weighted by Crippen LogP contribution is -2.38. The fraction of sp³-hybridized carbons (Fsp3) is 0.571. The minimum atomic E-state index is -0.897. The van der Waals surface area contributed by atoms with E-state index in [-0.39, 0.29) is 11.8 Å². The number of carbonyl (C=O) groups excluding carboxylic acids is 2. The van der Waals surface area contributed by atoms with Crippen LogP contribution in [-0.2, 0) is 9.59 Å². The Kier molecular flexibility index (Phi) is 6.14. The molecule has 146 valence electrons. The van der Waals surface area contributed by atoms with Crippen molar-refractivity contribution in [1.29, 1.82) is 0 Å². The van der Waals surface area contributed by atoms with Crippen molar-refractivity contribution in [3.05, 3.63) is 29.8 Å². The van der Waals surface area contributed by atoms with Gasteiger partial charge in [-0.3, -0.25) is 14.4 Å². The Bertz CT molecular complexity index is 693. The summed E-state index contributed by atoms with van der Waals surface area (Å²) in [7, 11) is 0. The molecule has 2 fully saturated rings. The summed E-state index contributed by atoms with van der Waals surface area (Å²) >= 11 is 0. The van der Waals surface area contributed by atoms with Crippen LogP contribution in [0.25, 0.3) is 0 Å². The van der Waals surface area contributed by atoms with E-state index in [1.807, 2.05) is 4.90 Å². The van der Waals surface area contributed by atoms with Crippen LogP contribution >= 0.6 is 0 Å². The Morgan fingerprint density at radius 2 is 1.56 bits per heavy atom. The van der Waals surface area contributed by atoms with Crippen LogP contribution in [0.5, 0.6) is 0 Å². The van der Waals surface area contributed by atoms with Gasteiger partial charge in [0.15, 0.2) is 0 Å². The van der Waals surface area contributed by atoms with Crippen LogP contribution in [0.2, 0.25) is 0 Å². The minimum absolute atomic E-state index is 0.0259. The van der Waals surface area contributed by atoms with Gasteiger partial charge in [-0.05, 0) is 55.9 Å². The van der Waals surface area contributed by atoms with Crippen LogP contribution in [-0.4, -0.2) is 40.9 Å². The van der Waals surface area contributed by atoms with Crippen molar-refractivity contribution in [3.63, 3.8) is 0 Å². The molecule has 2 aliphatic rings. The smallest absolute Gasteiger partial charge is 0.307 e. The molecule has 3 rings (SSSR count). The number of nitrogens with zero attached hydrogens (tertiary/aromatic N) is 1. The van der Waals surface area contributed by atoms with Gasteiger partial charge in [0.1, 0.15) is 0 Å². The highest BCUT2D eigenvalue weighted by Gasteiger charge is 2.35. The van der Waals surface area contributed by atoms with E-state index in [9.17, 15) is 19.5 Å². The zero-order valence-corrected chi connectivity index (χ0v) is 15.8. The molecular weight excluding hydrogens is 344 g/mol. The molecule has 1 saturated heterocycles. The fourth-order valence-corrected chi connectivity index (χ4v) is 4.07. The molecule has 0 unspecified atom stereocenters. The molecule has 0 radical (unpaired) electrons. The summed E-state index contributed by atoms with van der Waals surface area (Å²) in [5.74, 6) is -1.55. The number of aliphatic carboxylic acids is 1. The van der Waals surface area contributed by atoms with Gasteiger partial charge in [0.2, 0.25) is 5.91 Å². The van der Waals surface area contributed by atoms with Crippen LogP contribution in [0.4, 0.5) is 5.69 Å². The average molecular weight is 372 g/mol. The molecule has 6 nitrogen and oxygen atoms in total. The molecule has 1 aromatic rings. The third kappa shape index (κ3) is 4.67. The first-order valence-electron chi connectivity index (χ1n) is 9.88. The van der Waals surface area contributed by atoms with Gasteiger partial charge >= 0.3 is 5.97 Å². The number of hydrogen-bond acceptors (Lipinski definition) is 3. The van der Waals surface area contributed by atoms with Crippen molar-refractivity contribution in [2.24, 2.45) is 17.8 Å². The molecule has 1 aliphatic carbocycles. The first-order chi connectivity index (χ1) is 13.0. The molecule has 1 aromatic carbocycles. The highest BCUT2D eigenvalue weighted by molar-refractivity contribution is 5.97. The second-order valence-electron chi connectivity index (χ2n) is 7.88. The average Bonchev–Trinajstić information content (AvgIpc) is 2.68. The summed E-state index contributed by atoms with van der Waals surface area (Å²) in [6.07, 6.45) is 4.96. The van der Waals surface area contributed by atoms with E-state index in [0.29, 0.717) is 30.0 Å². The van der Waals surface area contributed by atoms with Crippen molar-refractivity contribution >= 4 is 23.5 Å². The summed E-state index contributed by atoms with van der Waals surface area (Å²) < 4.78 is 0. The number of anilines is 1. The van der Waals surface area contributed by atoms with Crippen LogP contribution in [0.3, 0.4) is 0 Å². The van der Waals surface area contributed by atoms with Crippen molar-refractivity contribution < 1.29 is 19.5 Å². The Hall–Kier alpha value is -2.37. The Balaban J connectivity index is 1.61. The zero-order chi connectivity index (χ0) is 19.4. The number of carboxylic acid groups (broad SMARTS) is 1. The van der Waals surface area contributed by atoms with E-state index >= 15 is 0 Å². The first kappa shape index (κ1) is 19.4. The molecule has 0 aromatic heterocycles. The lowest BCUT2D eigenvalue weighted by atomic mass is 9.78. The van der Waals surface area contributed by atoms with Gasteiger partial charge in [0.25, 0.3) is 5.91 Å². The summed E-state index contributed by atoms with van der Waals surface area (Å²) in [5, 5.41) is 12.2. The number of amides is 2. The second kappa shape index (κ2) is 8.55. The van der Waals surface area contributed by atoms with E-state index in [1.54, 1.807) is 24.3 Å². The van der Waals surface area contributed by atoms with Gasteiger partial charge in [-0.2, -0.15) is 0 Å². The first-order valence-corrected chi connectivity index (χ1v) is 9.88. The molecule has 0 bridgehead atoms. The van der Waals surface area contributed by atoms with E-state index in [2.05, 4.69) is 12.2 Å². The normalized spacial score (nSPS) is 23.7. The van der Waals surface area contributed by atoms with Gasteiger partial charge < -0.3 is 15.3 Å². The van der Waals surface area contributed by atoms with Gasteiger partial charge in [-0.25, -0.2) is 0 Å². The summed E-state index contributed by atoms with van der Waals surface area (Å²) in [5.41, 5.74) is 1.21. The molecule has 1 saturated carbocycles. The maximum atomic E-state index is 12.6. The number of benzene rings is 1. The standard InChI is InChI=1S/C21H28N2O4/c1-14-10-12-23(13-11-14)20(25)15-6-8-16(9-7-15)22-19(24)17-4-2-3-5-18(17)21(26)27/h6-9,14,17-18H,2-5,10-13H2,1H3,(H,22,24)(H,26,27)/t17-,18+/m0/s1. The number of piperidine rings is 1. The van der Waals surface area contributed by atoms with Crippen molar-refractivity contribution in [2.75, 3.05) is 18.4 Å². The summed E-state index contributed by atoms with van der Waals surface area (Å²) in [6.45, 7) is 3.79. The topological polar surface area (TPSA) is 86.7 Å². The zero-order valence-electron chi connectivity index (χ0n) is 15.8. The van der Waals surface area contributed by atoms with Crippen molar-refractivity contribution in [3.8, 4) is 0 Å². The summed E-state index contributed by atoms with van der Waals surface area (Å²) in [4.78, 5) is 38.4. The second-order valence-corrected chi connectivity index (χ2v) is 7.88. The Labute approximate surface area is 159 Å². The molecule has 6 heteroatoms. The SMILES string of the molecule is CC1CCN(C(=O)c2ccc(NC(=O)[C@H]3CCCC[C@H]3C(=O)O)cc2)CC1. The number of hydrogen-bond donors (Lipinski definition) is 2. The van der Waals surface area contributed by atoms with Crippen LogP contribution in [0.15, 0.2) is 24.3 Å². The quantitative estimate of drug-likeness (QED) is 0.848. The summed E-state index contributed by atoms with van der Waals surface area (Å²) in [6, 6.07) is 6.89. The molecule has 2 N–H and O–H groups in total. The molecule has 0 spiro atoms. The largest absolute Gasteiger partial charge is 0.481 e. The maximum Gasteiger partial charge on any atom is 0.307 e. The van der Waals surface area contributed by atoms with E-state index in [0.717, 1.165) is 38.8 Å². The molecule has 1 aliphatic heterocycles. The molecule has 2 amide bonds. The highest BCUT2D eigenvalue weighted by Crippen LogP contribution is 2.31.